The normalized spacial score (nSPS) is 18.1. The summed E-state index contributed by atoms with van der Waals surface area (Å²) in [5.74, 6) is 0.103. The van der Waals surface area contributed by atoms with Crippen molar-refractivity contribution in [2.24, 2.45) is 0 Å². The standard InChI is InChI=1S/C16H24ClN3O/c1-2-20(15-7-8-18-11-15)12-16(21)19-9-6-13-4-3-5-14(17)10-13/h3-5,10,15,18H,2,6-9,11-12H2,1H3,(H,19,21). The maximum atomic E-state index is 12.0. The van der Waals surface area contributed by atoms with Crippen LogP contribution in [0, 0.1) is 0 Å². The minimum absolute atomic E-state index is 0.103. The van der Waals surface area contributed by atoms with E-state index in [-0.39, 0.29) is 5.91 Å². The summed E-state index contributed by atoms with van der Waals surface area (Å²) in [6.45, 7) is 6.20. The molecule has 0 aliphatic carbocycles. The first-order valence-electron chi connectivity index (χ1n) is 7.65. The minimum Gasteiger partial charge on any atom is -0.355 e. The van der Waals surface area contributed by atoms with Crippen LogP contribution in [0.1, 0.15) is 18.9 Å². The number of halogens is 1. The minimum atomic E-state index is 0.103. The van der Waals surface area contributed by atoms with Crippen LogP contribution in [0.15, 0.2) is 24.3 Å². The number of nitrogens with zero attached hydrogens (tertiary/aromatic N) is 1. The molecule has 1 fully saturated rings. The zero-order chi connectivity index (χ0) is 15.1. The van der Waals surface area contributed by atoms with Crippen LogP contribution in [-0.4, -0.2) is 49.6 Å². The van der Waals surface area contributed by atoms with E-state index in [0.29, 0.717) is 19.1 Å². The van der Waals surface area contributed by atoms with Crippen LogP contribution >= 0.6 is 11.6 Å². The Kier molecular flexibility index (Phi) is 6.49. The van der Waals surface area contributed by atoms with Gasteiger partial charge >= 0.3 is 0 Å². The predicted octanol–water partition coefficient (Wildman–Crippen LogP) is 1.68. The van der Waals surface area contributed by atoms with Crippen LogP contribution in [0.25, 0.3) is 0 Å². The molecule has 1 aliphatic rings. The molecule has 0 aromatic heterocycles. The van der Waals surface area contributed by atoms with Gasteiger partial charge in [0, 0.05) is 24.2 Å². The third kappa shape index (κ3) is 5.30. The van der Waals surface area contributed by atoms with Crippen LogP contribution in [-0.2, 0) is 11.2 Å². The molecule has 1 amide bonds. The average molecular weight is 310 g/mol. The predicted molar refractivity (Wildman–Crippen MR) is 86.7 cm³/mol. The third-order valence-electron chi connectivity index (χ3n) is 3.93. The summed E-state index contributed by atoms with van der Waals surface area (Å²) in [7, 11) is 0. The Morgan fingerprint density at radius 3 is 3.05 bits per heavy atom. The van der Waals surface area contributed by atoms with E-state index in [1.807, 2.05) is 24.3 Å². The van der Waals surface area contributed by atoms with Crippen molar-refractivity contribution < 1.29 is 4.79 Å². The summed E-state index contributed by atoms with van der Waals surface area (Å²) in [5, 5.41) is 7.08. The first-order valence-corrected chi connectivity index (χ1v) is 8.02. The molecule has 0 bridgehead atoms. The highest BCUT2D eigenvalue weighted by atomic mass is 35.5. The van der Waals surface area contributed by atoms with Crippen molar-refractivity contribution in [3.05, 3.63) is 34.9 Å². The molecule has 1 aliphatic heterocycles. The number of amides is 1. The highest BCUT2D eigenvalue weighted by molar-refractivity contribution is 6.30. The van der Waals surface area contributed by atoms with E-state index >= 15 is 0 Å². The van der Waals surface area contributed by atoms with Gasteiger partial charge in [-0.25, -0.2) is 0 Å². The van der Waals surface area contributed by atoms with Crippen molar-refractivity contribution in [1.29, 1.82) is 0 Å². The van der Waals surface area contributed by atoms with Gasteiger partial charge in [-0.1, -0.05) is 30.7 Å². The largest absolute Gasteiger partial charge is 0.355 e. The van der Waals surface area contributed by atoms with E-state index in [2.05, 4.69) is 22.5 Å². The zero-order valence-electron chi connectivity index (χ0n) is 12.6. The van der Waals surface area contributed by atoms with Crippen molar-refractivity contribution >= 4 is 17.5 Å². The molecular weight excluding hydrogens is 286 g/mol. The maximum Gasteiger partial charge on any atom is 0.234 e. The molecule has 0 spiro atoms. The number of benzene rings is 1. The molecule has 116 valence electrons. The summed E-state index contributed by atoms with van der Waals surface area (Å²) in [5.41, 5.74) is 1.15. The van der Waals surface area contributed by atoms with Crippen molar-refractivity contribution in [3.63, 3.8) is 0 Å². The summed E-state index contributed by atoms with van der Waals surface area (Å²) in [6, 6.07) is 8.26. The van der Waals surface area contributed by atoms with Gasteiger partial charge in [0.1, 0.15) is 0 Å². The molecule has 4 nitrogen and oxygen atoms in total. The molecule has 1 aromatic carbocycles. The molecule has 1 aromatic rings. The van der Waals surface area contributed by atoms with E-state index in [0.717, 1.165) is 43.1 Å². The van der Waals surface area contributed by atoms with E-state index in [1.54, 1.807) is 0 Å². The Morgan fingerprint density at radius 2 is 2.38 bits per heavy atom. The molecule has 5 heteroatoms. The van der Waals surface area contributed by atoms with E-state index < -0.39 is 0 Å². The molecular formula is C16H24ClN3O. The van der Waals surface area contributed by atoms with Gasteiger partial charge in [-0.05, 0) is 43.6 Å². The van der Waals surface area contributed by atoms with E-state index in [1.165, 1.54) is 0 Å². The zero-order valence-corrected chi connectivity index (χ0v) is 13.3. The lowest BCUT2D eigenvalue weighted by Gasteiger charge is -2.26. The molecule has 1 atom stereocenters. The van der Waals surface area contributed by atoms with Crippen molar-refractivity contribution in [2.75, 3.05) is 32.7 Å². The summed E-state index contributed by atoms with van der Waals surface area (Å²) >= 11 is 5.95. The molecule has 1 unspecified atom stereocenters. The van der Waals surface area contributed by atoms with Gasteiger partial charge in [0.15, 0.2) is 0 Å². The summed E-state index contributed by atoms with van der Waals surface area (Å²) < 4.78 is 0. The fraction of sp³-hybridized carbons (Fsp3) is 0.562. The fourth-order valence-electron chi connectivity index (χ4n) is 2.73. The SMILES string of the molecule is CCN(CC(=O)NCCc1cccc(Cl)c1)C1CCNC1. The van der Waals surface area contributed by atoms with Gasteiger partial charge in [0.2, 0.25) is 5.91 Å². The first-order chi connectivity index (χ1) is 10.2. The molecule has 2 rings (SSSR count). The summed E-state index contributed by atoms with van der Waals surface area (Å²) in [4.78, 5) is 14.3. The van der Waals surface area contributed by atoms with E-state index in [9.17, 15) is 4.79 Å². The fourth-order valence-corrected chi connectivity index (χ4v) is 2.94. The van der Waals surface area contributed by atoms with Gasteiger partial charge < -0.3 is 10.6 Å². The lowest BCUT2D eigenvalue weighted by atomic mass is 10.1. The Labute approximate surface area is 131 Å². The monoisotopic (exact) mass is 309 g/mol. The molecule has 21 heavy (non-hydrogen) atoms. The topological polar surface area (TPSA) is 44.4 Å². The molecule has 0 radical (unpaired) electrons. The van der Waals surface area contributed by atoms with Crippen LogP contribution in [0.2, 0.25) is 5.02 Å². The smallest absolute Gasteiger partial charge is 0.234 e. The lowest BCUT2D eigenvalue weighted by molar-refractivity contribution is -0.122. The number of carbonyl (C=O) groups excluding carboxylic acids is 1. The number of hydrogen-bond donors (Lipinski definition) is 2. The Hall–Kier alpha value is -1.10. The highest BCUT2D eigenvalue weighted by Crippen LogP contribution is 2.11. The summed E-state index contributed by atoms with van der Waals surface area (Å²) in [6.07, 6.45) is 1.94. The molecule has 1 heterocycles. The molecule has 0 saturated carbocycles. The van der Waals surface area contributed by atoms with Crippen LogP contribution in [0.5, 0.6) is 0 Å². The Bertz CT molecular complexity index is 461. The van der Waals surface area contributed by atoms with Gasteiger partial charge in [-0.3, -0.25) is 9.69 Å². The number of likely N-dealkylation sites (N-methyl/N-ethyl adjacent to an activating group) is 1. The van der Waals surface area contributed by atoms with Gasteiger partial charge in [0.05, 0.1) is 6.54 Å². The number of carbonyl (C=O) groups is 1. The van der Waals surface area contributed by atoms with Crippen LogP contribution < -0.4 is 10.6 Å². The Morgan fingerprint density at radius 1 is 1.52 bits per heavy atom. The highest BCUT2D eigenvalue weighted by Gasteiger charge is 2.22. The molecule has 1 saturated heterocycles. The van der Waals surface area contributed by atoms with Crippen LogP contribution in [0.4, 0.5) is 0 Å². The van der Waals surface area contributed by atoms with Crippen LogP contribution in [0.3, 0.4) is 0 Å². The Balaban J connectivity index is 1.71. The van der Waals surface area contributed by atoms with Crippen molar-refractivity contribution in [3.8, 4) is 0 Å². The van der Waals surface area contributed by atoms with E-state index in [4.69, 9.17) is 11.6 Å². The van der Waals surface area contributed by atoms with Crippen molar-refractivity contribution in [1.82, 2.24) is 15.5 Å². The second kappa shape index (κ2) is 8.37. The third-order valence-corrected chi connectivity index (χ3v) is 4.16. The second-order valence-corrected chi connectivity index (χ2v) is 5.88. The number of nitrogens with one attached hydrogen (secondary N) is 2. The van der Waals surface area contributed by atoms with Gasteiger partial charge in [-0.2, -0.15) is 0 Å². The quantitative estimate of drug-likeness (QED) is 0.805. The maximum absolute atomic E-state index is 12.0. The van der Waals surface area contributed by atoms with Gasteiger partial charge in [0.25, 0.3) is 0 Å². The number of rotatable bonds is 7. The van der Waals surface area contributed by atoms with Gasteiger partial charge in [-0.15, -0.1) is 0 Å². The first kappa shape index (κ1) is 16.3. The van der Waals surface area contributed by atoms with Crippen molar-refractivity contribution in [2.45, 2.75) is 25.8 Å². The average Bonchev–Trinajstić information content (AvgIpc) is 2.99. The molecule has 2 N–H and O–H groups in total. The second-order valence-electron chi connectivity index (χ2n) is 5.44. The number of hydrogen-bond acceptors (Lipinski definition) is 3. The lowest BCUT2D eigenvalue weighted by Crippen LogP contribution is -2.44.